The molecule has 5 saturated heterocycles. The van der Waals surface area contributed by atoms with Crippen molar-refractivity contribution in [3.63, 3.8) is 0 Å². The Kier molecular flexibility index (Phi) is 14.8. The first-order valence-electron chi connectivity index (χ1n) is 25.9. The molecule has 16 atom stereocenters. The molecule has 0 radical (unpaired) electrons. The van der Waals surface area contributed by atoms with Crippen molar-refractivity contribution < 1.29 is 28.1 Å². The Morgan fingerprint density at radius 2 is 1.69 bits per heavy atom. The van der Waals surface area contributed by atoms with Gasteiger partial charge in [-0.15, -0.1) is 11.8 Å². The van der Waals surface area contributed by atoms with Crippen molar-refractivity contribution in [2.45, 2.75) is 220 Å². The summed E-state index contributed by atoms with van der Waals surface area (Å²) >= 11 is 2.05. The van der Waals surface area contributed by atoms with Crippen molar-refractivity contribution in [1.82, 2.24) is 42.1 Å². The van der Waals surface area contributed by atoms with Crippen molar-refractivity contribution in [1.29, 1.82) is 5.26 Å². The van der Waals surface area contributed by atoms with Crippen molar-refractivity contribution in [2.24, 2.45) is 34.1 Å². The third-order valence-electron chi connectivity index (χ3n) is 17.9. The topological polar surface area (TPSA) is 169 Å². The number of nitriles is 1. The van der Waals surface area contributed by atoms with E-state index in [0.29, 0.717) is 23.0 Å². The summed E-state index contributed by atoms with van der Waals surface area (Å²) in [6.45, 7) is 10.6. The predicted molar refractivity (Wildman–Crippen MR) is 248 cm³/mol. The van der Waals surface area contributed by atoms with E-state index in [2.05, 4.69) is 80.7 Å². The number of thioether (sulfide) groups is 1. The second-order valence-electron chi connectivity index (χ2n) is 21.9. The van der Waals surface area contributed by atoms with Gasteiger partial charge in [0.05, 0.1) is 79.0 Å². The summed E-state index contributed by atoms with van der Waals surface area (Å²) in [4.78, 5) is 24.1. The molecule has 6 heterocycles. The number of hydrazine groups is 2. The Bertz CT molecular complexity index is 1690. The third-order valence-corrected chi connectivity index (χ3v) is 19.6. The number of ether oxygens (including phenoxy) is 4. The van der Waals surface area contributed by atoms with Gasteiger partial charge in [0.15, 0.2) is 0 Å². The van der Waals surface area contributed by atoms with Crippen LogP contribution in [0.5, 0.6) is 0 Å². The highest BCUT2D eigenvalue weighted by Crippen LogP contribution is 2.53. The van der Waals surface area contributed by atoms with E-state index in [-0.39, 0.29) is 102 Å². The van der Waals surface area contributed by atoms with E-state index in [4.69, 9.17) is 23.9 Å². The molecule has 9 fully saturated rings. The number of piperidine rings is 1. The van der Waals surface area contributed by atoms with Crippen LogP contribution in [0.3, 0.4) is 0 Å². The zero-order valence-corrected chi connectivity index (χ0v) is 40.3. The van der Waals surface area contributed by atoms with E-state index in [9.17, 15) is 10.1 Å². The number of rotatable bonds is 11. The van der Waals surface area contributed by atoms with E-state index in [1.54, 1.807) is 7.11 Å². The number of aliphatic imine (C=N–C) groups is 1. The average Bonchev–Trinajstić information content (AvgIpc) is 4.02. The molecular weight excluding hydrogens is 848 g/mol. The normalized spacial score (nSPS) is 46.1. The van der Waals surface area contributed by atoms with Gasteiger partial charge in [0, 0.05) is 74.8 Å². The summed E-state index contributed by atoms with van der Waals surface area (Å²) in [5, 5.41) is 17.0. The number of nitrogens with zero attached hydrogens (tertiary/aromatic N) is 4. The number of carbonyl (C=O) groups is 1. The molecule has 6 N–H and O–H groups in total. The second-order valence-corrected chi connectivity index (χ2v) is 23.4. The van der Waals surface area contributed by atoms with Crippen LogP contribution in [0.4, 0.5) is 4.39 Å². The molecule has 0 aromatic heterocycles. The lowest BCUT2D eigenvalue weighted by molar-refractivity contribution is -0.147. The molecule has 15 unspecified atom stereocenters. The third kappa shape index (κ3) is 10.1. The SMILES string of the molecule is COC1CC(OC2CCC(NC(=O)C3CCC(N4CCC5(CC4)CC(OC4CCC(C6=N[C@@H](CC7NCCO7)C7NNC(C)N7C7SC(C)C(C)C67)C(F)C4)C5)NN3)CC2)CCC1C#N. The monoisotopic (exact) mass is 927 g/mol. The molecule has 17 heteroatoms. The maximum Gasteiger partial charge on any atom is 0.238 e. The van der Waals surface area contributed by atoms with E-state index < -0.39 is 6.17 Å². The number of halogens is 1. The number of alkyl halides is 1. The van der Waals surface area contributed by atoms with Crippen LogP contribution in [-0.2, 0) is 23.7 Å². The van der Waals surface area contributed by atoms with Crippen molar-refractivity contribution in [3.8, 4) is 6.07 Å². The van der Waals surface area contributed by atoms with Crippen LogP contribution in [-0.4, -0.2) is 145 Å². The molecule has 364 valence electrons. The summed E-state index contributed by atoms with van der Waals surface area (Å²) in [6.07, 6.45) is 15.5. The first-order valence-corrected chi connectivity index (χ1v) is 26.8. The van der Waals surface area contributed by atoms with E-state index in [1.165, 1.54) is 0 Å². The van der Waals surface area contributed by atoms with Crippen LogP contribution in [0.2, 0.25) is 0 Å². The number of carbonyl (C=O) groups excluding carboxylic acids is 1. The van der Waals surface area contributed by atoms with Crippen molar-refractivity contribution >= 4 is 23.4 Å². The fourth-order valence-corrected chi connectivity index (χ4v) is 15.7. The molecule has 4 aliphatic carbocycles. The smallest absolute Gasteiger partial charge is 0.238 e. The molecule has 1 spiro atoms. The Hall–Kier alpha value is -1.53. The highest BCUT2D eigenvalue weighted by atomic mass is 32.2. The molecular formula is C48H79FN10O5S. The predicted octanol–water partition coefficient (Wildman–Crippen LogP) is 4.44. The van der Waals surface area contributed by atoms with Crippen LogP contribution in [0.1, 0.15) is 130 Å². The fourth-order valence-electron chi connectivity index (χ4n) is 13.9. The zero-order chi connectivity index (χ0) is 44.8. The molecule has 15 nitrogen and oxygen atoms in total. The van der Waals surface area contributed by atoms with E-state index in [0.717, 1.165) is 135 Å². The summed E-state index contributed by atoms with van der Waals surface area (Å²) in [5.74, 6) is 0.542. The molecule has 6 aliphatic heterocycles. The number of amides is 1. The standard InChI is InChI=1S/C48H79FN10O5S/c1-27-28(2)65-47-43(27)44(53-39(23-42-51-17-20-62-42)45-57-54-29(3)59(45)47)36-12-11-33(21-37(36)49)64-35-24-48(25-35)15-18-58(19-16-48)41-14-13-38(55-56-41)46(60)52-31-6-9-32(10-7-31)63-34-8-5-30(26-50)40(22-34)61-4/h27-43,45,47,51,54-57H,5-25H2,1-4H3,(H,52,60)/t27?,28?,29?,30?,31?,32?,33?,34?,36?,37?,38?,39-,40?,41?,42?,43?,45?,47?/m0/s1. The Morgan fingerprint density at radius 1 is 0.938 bits per heavy atom. The summed E-state index contributed by atoms with van der Waals surface area (Å²) in [6, 6.07) is 2.32. The fraction of sp³-hybridized carbons (Fsp3) is 0.938. The van der Waals surface area contributed by atoms with Crippen LogP contribution in [0.15, 0.2) is 4.99 Å². The van der Waals surface area contributed by atoms with Crippen LogP contribution in [0.25, 0.3) is 0 Å². The van der Waals surface area contributed by atoms with E-state index >= 15 is 4.39 Å². The Labute approximate surface area is 391 Å². The maximum atomic E-state index is 16.7. The number of methoxy groups -OCH3 is 1. The van der Waals surface area contributed by atoms with Gasteiger partial charge in [0.1, 0.15) is 18.4 Å². The van der Waals surface area contributed by atoms with Crippen LogP contribution in [0, 0.1) is 40.4 Å². The summed E-state index contributed by atoms with van der Waals surface area (Å²) in [5.41, 5.74) is 15.4. The first kappa shape index (κ1) is 47.2. The van der Waals surface area contributed by atoms with Gasteiger partial charge in [0.25, 0.3) is 0 Å². The minimum atomic E-state index is -0.948. The molecule has 0 aromatic carbocycles. The minimum Gasteiger partial charge on any atom is -0.380 e. The average molecular weight is 927 g/mol. The molecule has 10 aliphatic rings. The van der Waals surface area contributed by atoms with Crippen molar-refractivity contribution in [3.05, 3.63) is 0 Å². The van der Waals surface area contributed by atoms with Gasteiger partial charge in [-0.1, -0.05) is 13.8 Å². The first-order chi connectivity index (χ1) is 31.6. The quantitative estimate of drug-likeness (QED) is 0.172. The lowest BCUT2D eigenvalue weighted by Crippen LogP contribution is -2.64. The number of nitrogens with one attached hydrogen (secondary N) is 6. The number of fused-ring (bicyclic) bond motifs is 3. The summed E-state index contributed by atoms with van der Waals surface area (Å²) in [7, 11) is 1.69. The van der Waals surface area contributed by atoms with Crippen LogP contribution < -0.4 is 32.3 Å². The highest BCUT2D eigenvalue weighted by molar-refractivity contribution is 8.00. The highest BCUT2D eigenvalue weighted by Gasteiger charge is 2.56. The minimum absolute atomic E-state index is 0.0221. The number of hydrogen-bond acceptors (Lipinski definition) is 15. The van der Waals surface area contributed by atoms with Gasteiger partial charge in [-0.2, -0.15) is 5.26 Å². The maximum absolute atomic E-state index is 16.7. The second kappa shape index (κ2) is 20.4. The van der Waals surface area contributed by atoms with E-state index in [1.807, 2.05) is 0 Å². The molecule has 1 amide bonds. The van der Waals surface area contributed by atoms with Gasteiger partial charge in [-0.25, -0.2) is 26.1 Å². The molecule has 65 heavy (non-hydrogen) atoms. The Balaban J connectivity index is 0.643. The largest absolute Gasteiger partial charge is 0.380 e. The molecule has 10 rings (SSSR count). The molecule has 0 bridgehead atoms. The van der Waals surface area contributed by atoms with Crippen LogP contribution >= 0.6 is 11.8 Å². The lowest BCUT2D eigenvalue weighted by atomic mass is 9.61. The number of hydrogen-bond donors (Lipinski definition) is 6. The van der Waals surface area contributed by atoms with Gasteiger partial charge >= 0.3 is 0 Å². The number of likely N-dealkylation sites (tertiary alicyclic amines) is 1. The van der Waals surface area contributed by atoms with Gasteiger partial charge < -0.3 is 24.3 Å². The summed E-state index contributed by atoms with van der Waals surface area (Å²) < 4.78 is 41.5. The zero-order valence-electron chi connectivity index (χ0n) is 39.4. The molecule has 4 saturated carbocycles. The van der Waals surface area contributed by atoms with Crippen molar-refractivity contribution in [2.75, 3.05) is 33.4 Å². The lowest BCUT2D eigenvalue weighted by Gasteiger charge is -2.54. The molecule has 0 aromatic rings. The van der Waals surface area contributed by atoms with Gasteiger partial charge in [-0.3, -0.25) is 24.9 Å². The van der Waals surface area contributed by atoms with Gasteiger partial charge in [-0.05, 0) is 108 Å². The Morgan fingerprint density at radius 3 is 2.40 bits per heavy atom. The van der Waals surface area contributed by atoms with Gasteiger partial charge in [0.2, 0.25) is 5.91 Å².